The molecule has 3 heterocycles. The molecule has 0 saturated carbocycles. The second-order valence-electron chi connectivity index (χ2n) is 14.0. The molecule has 3 aliphatic rings. The first-order valence-corrected chi connectivity index (χ1v) is 18.2. The van der Waals surface area contributed by atoms with Gasteiger partial charge in [0.25, 0.3) is 5.91 Å². The average molecular weight is 720 g/mol. The van der Waals surface area contributed by atoms with Gasteiger partial charge in [-0.2, -0.15) is 0 Å². The van der Waals surface area contributed by atoms with Gasteiger partial charge in [0, 0.05) is 30.7 Å². The van der Waals surface area contributed by atoms with Crippen molar-refractivity contribution in [3.63, 3.8) is 0 Å². The van der Waals surface area contributed by atoms with Crippen molar-refractivity contribution in [3.8, 4) is 0 Å². The molecular weight excluding hydrogens is 670 g/mol. The highest BCUT2D eigenvalue weighted by molar-refractivity contribution is 6.30. The van der Waals surface area contributed by atoms with Crippen LogP contribution in [0.15, 0.2) is 79.9 Å². The molecule has 3 fully saturated rings. The van der Waals surface area contributed by atoms with E-state index in [1.807, 2.05) is 51.1 Å². The molecule has 11 heteroatoms. The molecule has 3 aliphatic heterocycles. The first-order chi connectivity index (χ1) is 24.4. The number of aliphatic hydroxyl groups excluding tert-OH is 1. The predicted molar refractivity (Wildman–Crippen MR) is 196 cm³/mol. The molecule has 0 radical (unpaired) electrons. The molecule has 0 aromatic heterocycles. The molecule has 1 spiro atoms. The quantitative estimate of drug-likeness (QED) is 0.174. The number of likely N-dealkylation sites (tertiary alicyclic amines) is 1. The van der Waals surface area contributed by atoms with Gasteiger partial charge >= 0.3 is 5.97 Å². The number of nitrogens with zero attached hydrogens (tertiary/aromatic N) is 3. The van der Waals surface area contributed by atoms with E-state index in [0.29, 0.717) is 42.0 Å². The first-order valence-electron chi connectivity index (χ1n) is 17.9. The molecule has 5 rings (SSSR count). The number of hydrogen-bond acceptors (Lipinski definition) is 7. The number of carbonyl (C=O) groups excluding carboxylic acids is 4. The van der Waals surface area contributed by atoms with Crippen molar-refractivity contribution < 1.29 is 33.8 Å². The molecule has 2 aromatic carbocycles. The molecule has 10 nitrogen and oxygen atoms in total. The Labute approximate surface area is 306 Å². The smallest absolute Gasteiger partial charge is 0.313 e. The monoisotopic (exact) mass is 719 g/mol. The third-order valence-electron chi connectivity index (χ3n) is 11.2. The summed E-state index contributed by atoms with van der Waals surface area (Å²) in [6.45, 7) is 13.1. The Balaban J connectivity index is 1.54. The predicted octanol–water partition coefficient (Wildman–Crippen LogP) is 5.74. The highest BCUT2D eigenvalue weighted by Gasteiger charge is 2.76. The summed E-state index contributed by atoms with van der Waals surface area (Å²) in [5.74, 6) is -3.70. The normalized spacial score (nSPS) is 25.8. The number of amides is 3. The standard InChI is InChI=1S/C40H50ClN3O7/c1-7-10-16-32(46)42(6)26(5)35(27-14-12-11-13-15-27)50-39(49)33-31-21-22-40(51-31)34(33)37(47)44(30(24-45)25(4)9-3)36(40)38(48)43(23-8-2)29-19-17-28(41)18-20-29/h7-8,11-15,17-20,25-26,30-31,33-36,45H,1-2,9-10,16,21-24H2,3-6H3/t25-,26-,30-,31-,33+,34+,35+,36-,40+/m0/s1. The van der Waals surface area contributed by atoms with Crippen LogP contribution in [0.5, 0.6) is 0 Å². The fourth-order valence-electron chi connectivity index (χ4n) is 8.15. The third-order valence-corrected chi connectivity index (χ3v) is 11.4. The maximum absolute atomic E-state index is 14.9. The number of carbonyl (C=O) groups is 4. The number of ether oxygens (including phenoxy) is 2. The topological polar surface area (TPSA) is 117 Å². The number of aliphatic hydroxyl groups is 1. The summed E-state index contributed by atoms with van der Waals surface area (Å²) in [4.78, 5) is 61.9. The minimum absolute atomic E-state index is 0.116. The summed E-state index contributed by atoms with van der Waals surface area (Å²) in [5, 5.41) is 11.2. The number of allylic oxidation sites excluding steroid dienone is 1. The van der Waals surface area contributed by atoms with Crippen LogP contribution in [0.4, 0.5) is 5.69 Å². The Kier molecular flexibility index (Phi) is 12.1. The van der Waals surface area contributed by atoms with Gasteiger partial charge < -0.3 is 29.3 Å². The average Bonchev–Trinajstić information content (AvgIpc) is 3.79. The van der Waals surface area contributed by atoms with E-state index in [4.69, 9.17) is 21.1 Å². The van der Waals surface area contributed by atoms with Gasteiger partial charge in [-0.05, 0) is 61.9 Å². The van der Waals surface area contributed by atoms with E-state index in [9.17, 15) is 24.3 Å². The molecule has 2 bridgehead atoms. The molecule has 1 N–H and O–H groups in total. The summed E-state index contributed by atoms with van der Waals surface area (Å²) < 4.78 is 13.1. The highest BCUT2D eigenvalue weighted by atomic mass is 35.5. The van der Waals surface area contributed by atoms with E-state index in [-0.39, 0.29) is 37.3 Å². The first kappa shape index (κ1) is 38.2. The SMILES string of the molecule is C=CCCC(=O)N(C)[C@@H](C)[C@@H](OC(=O)[C@@H]1[C@@H]2CC[C@]3(O2)[C@H](C(=O)N(CC=C)c2ccc(Cl)cc2)N([C@@H](CO)[C@@H](C)CC)C(=O)[C@@H]13)c1ccccc1. The number of benzene rings is 2. The summed E-state index contributed by atoms with van der Waals surface area (Å²) in [7, 11) is 1.68. The number of fused-ring (bicyclic) bond motifs is 1. The molecule has 9 atom stereocenters. The van der Waals surface area contributed by atoms with Crippen molar-refractivity contribution >= 4 is 41.0 Å². The minimum Gasteiger partial charge on any atom is -0.455 e. The summed E-state index contributed by atoms with van der Waals surface area (Å²) >= 11 is 6.18. The molecule has 0 unspecified atom stereocenters. The number of esters is 1. The number of anilines is 1. The van der Waals surface area contributed by atoms with E-state index in [1.165, 1.54) is 4.90 Å². The van der Waals surface area contributed by atoms with E-state index in [0.717, 1.165) is 0 Å². The van der Waals surface area contributed by atoms with E-state index < -0.39 is 59.6 Å². The zero-order valence-corrected chi connectivity index (χ0v) is 30.7. The van der Waals surface area contributed by atoms with Crippen LogP contribution >= 0.6 is 11.6 Å². The van der Waals surface area contributed by atoms with Gasteiger partial charge in [-0.3, -0.25) is 19.2 Å². The van der Waals surface area contributed by atoms with Crippen molar-refractivity contribution in [3.05, 3.63) is 90.5 Å². The van der Waals surface area contributed by atoms with Crippen LogP contribution in [0, 0.1) is 17.8 Å². The summed E-state index contributed by atoms with van der Waals surface area (Å²) in [6.07, 6.45) is 4.06. The summed E-state index contributed by atoms with van der Waals surface area (Å²) in [5.41, 5.74) is -0.0516. The fourth-order valence-corrected chi connectivity index (χ4v) is 8.28. The Bertz CT molecular complexity index is 1600. The molecule has 3 saturated heterocycles. The van der Waals surface area contributed by atoms with Gasteiger partial charge in [0.05, 0.1) is 36.6 Å². The highest BCUT2D eigenvalue weighted by Crippen LogP contribution is 2.60. The van der Waals surface area contributed by atoms with E-state index in [2.05, 4.69) is 13.2 Å². The van der Waals surface area contributed by atoms with Crippen LogP contribution in [-0.2, 0) is 28.7 Å². The van der Waals surface area contributed by atoms with Gasteiger partial charge in [0.2, 0.25) is 11.8 Å². The number of hydrogen-bond donors (Lipinski definition) is 1. The van der Waals surface area contributed by atoms with Crippen molar-refractivity contribution in [2.24, 2.45) is 17.8 Å². The molecule has 2 aromatic rings. The van der Waals surface area contributed by atoms with Gasteiger partial charge in [0.15, 0.2) is 0 Å². The van der Waals surface area contributed by atoms with Crippen LogP contribution in [0.3, 0.4) is 0 Å². The van der Waals surface area contributed by atoms with E-state index in [1.54, 1.807) is 53.3 Å². The zero-order chi connectivity index (χ0) is 37.0. The molecular formula is C40H50ClN3O7. The number of likely N-dealkylation sites (N-methyl/N-ethyl adjacent to an activating group) is 1. The number of halogens is 1. The Morgan fingerprint density at radius 1 is 1.12 bits per heavy atom. The van der Waals surface area contributed by atoms with Crippen LogP contribution in [-0.4, -0.2) is 88.6 Å². The van der Waals surface area contributed by atoms with Crippen LogP contribution in [0.25, 0.3) is 0 Å². The van der Waals surface area contributed by atoms with Crippen molar-refractivity contribution in [1.29, 1.82) is 0 Å². The van der Waals surface area contributed by atoms with Gasteiger partial charge in [0.1, 0.15) is 17.7 Å². The minimum atomic E-state index is -1.32. The lowest BCUT2D eigenvalue weighted by molar-refractivity contribution is -0.165. The van der Waals surface area contributed by atoms with Crippen LogP contribution in [0.2, 0.25) is 5.02 Å². The Morgan fingerprint density at radius 2 is 1.80 bits per heavy atom. The van der Waals surface area contributed by atoms with Crippen molar-refractivity contribution in [2.45, 2.75) is 88.8 Å². The lowest BCUT2D eigenvalue weighted by Gasteiger charge is -2.40. The number of rotatable bonds is 16. The van der Waals surface area contributed by atoms with Crippen molar-refractivity contribution in [1.82, 2.24) is 9.80 Å². The largest absolute Gasteiger partial charge is 0.455 e. The molecule has 51 heavy (non-hydrogen) atoms. The van der Waals surface area contributed by atoms with Crippen LogP contribution < -0.4 is 4.90 Å². The van der Waals surface area contributed by atoms with Gasteiger partial charge in [-0.1, -0.05) is 74.4 Å². The fraction of sp³-hybridized carbons (Fsp3) is 0.500. The second kappa shape index (κ2) is 16.1. The maximum Gasteiger partial charge on any atom is 0.313 e. The summed E-state index contributed by atoms with van der Waals surface area (Å²) in [6, 6.07) is 13.7. The lowest BCUT2D eigenvalue weighted by Crippen LogP contribution is -2.60. The second-order valence-corrected chi connectivity index (χ2v) is 14.4. The van der Waals surface area contributed by atoms with Crippen LogP contribution in [0.1, 0.15) is 64.5 Å². The van der Waals surface area contributed by atoms with E-state index >= 15 is 0 Å². The lowest BCUT2D eigenvalue weighted by atomic mass is 9.70. The molecule has 0 aliphatic carbocycles. The third kappa shape index (κ3) is 7.10. The van der Waals surface area contributed by atoms with Gasteiger partial charge in [-0.15, -0.1) is 13.2 Å². The molecule has 274 valence electrons. The zero-order valence-electron chi connectivity index (χ0n) is 29.9. The molecule has 3 amide bonds. The Morgan fingerprint density at radius 3 is 2.41 bits per heavy atom. The van der Waals surface area contributed by atoms with Crippen molar-refractivity contribution in [2.75, 3.05) is 25.1 Å². The maximum atomic E-state index is 14.9. The Hall–Kier alpha value is -3.99. The van der Waals surface area contributed by atoms with Gasteiger partial charge in [-0.25, -0.2) is 0 Å².